The Morgan fingerprint density at radius 1 is 1.10 bits per heavy atom. The first-order chi connectivity index (χ1) is 15.0. The molecular formula is C24H28Cl2N2O3. The Bertz CT molecular complexity index is 880. The largest absolute Gasteiger partial charge is 0.497 e. The molecule has 0 unspecified atom stereocenters. The van der Waals surface area contributed by atoms with Gasteiger partial charge in [0, 0.05) is 41.6 Å². The number of methoxy groups -OCH3 is 1. The lowest BCUT2D eigenvalue weighted by Crippen LogP contribution is -2.44. The van der Waals surface area contributed by atoms with Crippen molar-refractivity contribution in [3.63, 3.8) is 0 Å². The molecule has 0 bridgehead atoms. The molecule has 0 aromatic heterocycles. The van der Waals surface area contributed by atoms with Gasteiger partial charge in [0.1, 0.15) is 5.75 Å². The number of carbonyl (C=O) groups is 1. The molecule has 5 nitrogen and oxygen atoms in total. The number of amides is 1. The molecule has 2 aromatic rings. The average molecular weight is 463 g/mol. The van der Waals surface area contributed by atoms with Crippen LogP contribution >= 0.6 is 23.2 Å². The molecule has 4 rings (SSSR count). The molecule has 1 saturated carbocycles. The number of halogens is 2. The Hall–Kier alpha value is -1.79. The topological polar surface area (TPSA) is 50.8 Å². The van der Waals surface area contributed by atoms with Gasteiger partial charge in [0.2, 0.25) is 5.91 Å². The number of benzene rings is 2. The lowest BCUT2D eigenvalue weighted by atomic mass is 9.88. The third kappa shape index (κ3) is 5.53. The lowest BCUT2D eigenvalue weighted by Gasteiger charge is -2.31. The average Bonchev–Trinajstić information content (AvgIpc) is 3.21. The highest BCUT2D eigenvalue weighted by molar-refractivity contribution is 6.34. The van der Waals surface area contributed by atoms with Crippen LogP contribution in [0.4, 0.5) is 0 Å². The van der Waals surface area contributed by atoms with Gasteiger partial charge in [-0.2, -0.15) is 0 Å². The summed E-state index contributed by atoms with van der Waals surface area (Å²) in [5, 5.41) is 4.89. The Kier molecular flexibility index (Phi) is 7.39. The zero-order valence-corrected chi connectivity index (χ0v) is 19.2. The first-order valence-electron chi connectivity index (χ1n) is 10.7. The second-order valence-corrected chi connectivity index (χ2v) is 9.12. The van der Waals surface area contributed by atoms with Crippen molar-refractivity contribution >= 4 is 29.1 Å². The van der Waals surface area contributed by atoms with Crippen LogP contribution < -0.4 is 10.1 Å². The summed E-state index contributed by atoms with van der Waals surface area (Å²) in [7, 11) is 1.66. The van der Waals surface area contributed by atoms with E-state index in [9.17, 15) is 4.79 Å². The molecule has 1 amide bonds. The van der Waals surface area contributed by atoms with E-state index in [-0.39, 0.29) is 23.8 Å². The van der Waals surface area contributed by atoms with E-state index in [1.54, 1.807) is 13.2 Å². The van der Waals surface area contributed by atoms with Gasteiger partial charge in [-0.05, 0) is 60.2 Å². The van der Waals surface area contributed by atoms with Crippen molar-refractivity contribution < 1.29 is 14.3 Å². The van der Waals surface area contributed by atoms with E-state index < -0.39 is 0 Å². The van der Waals surface area contributed by atoms with Crippen LogP contribution in [0, 0.1) is 5.92 Å². The van der Waals surface area contributed by atoms with Gasteiger partial charge < -0.3 is 19.7 Å². The first kappa shape index (κ1) is 22.4. The maximum atomic E-state index is 13.4. The van der Waals surface area contributed by atoms with Gasteiger partial charge in [0.15, 0.2) is 0 Å². The molecule has 1 aliphatic carbocycles. The summed E-state index contributed by atoms with van der Waals surface area (Å²) in [5.74, 6) is 1.18. The minimum Gasteiger partial charge on any atom is -0.497 e. The van der Waals surface area contributed by atoms with Gasteiger partial charge >= 0.3 is 0 Å². The van der Waals surface area contributed by atoms with Gasteiger partial charge in [0.05, 0.1) is 20.3 Å². The molecule has 1 saturated heterocycles. The number of hydrogen-bond acceptors (Lipinski definition) is 4. The highest BCUT2D eigenvalue weighted by Crippen LogP contribution is 2.41. The van der Waals surface area contributed by atoms with Gasteiger partial charge in [-0.1, -0.05) is 35.3 Å². The van der Waals surface area contributed by atoms with E-state index in [2.05, 4.69) is 17.4 Å². The minimum absolute atomic E-state index is 0.0491. The molecule has 1 heterocycles. The van der Waals surface area contributed by atoms with Crippen molar-refractivity contribution in [2.24, 2.45) is 5.92 Å². The van der Waals surface area contributed by atoms with Crippen molar-refractivity contribution in [3.8, 4) is 5.75 Å². The fraction of sp³-hybridized carbons (Fsp3) is 0.458. The second-order valence-electron chi connectivity index (χ2n) is 8.25. The zero-order valence-electron chi connectivity index (χ0n) is 17.7. The summed E-state index contributed by atoms with van der Waals surface area (Å²) in [6, 6.07) is 13.9. The van der Waals surface area contributed by atoms with Crippen molar-refractivity contribution in [2.45, 2.75) is 31.3 Å². The Balaban J connectivity index is 1.49. The number of rotatable bonds is 6. The fourth-order valence-electron chi connectivity index (χ4n) is 4.69. The molecule has 1 aliphatic heterocycles. The number of nitrogens with one attached hydrogen (secondary N) is 1. The van der Waals surface area contributed by atoms with E-state index in [0.29, 0.717) is 42.9 Å². The van der Waals surface area contributed by atoms with Crippen LogP contribution in [0.25, 0.3) is 0 Å². The Morgan fingerprint density at radius 3 is 2.42 bits per heavy atom. The van der Waals surface area contributed by atoms with Crippen LogP contribution in [0.2, 0.25) is 10.0 Å². The summed E-state index contributed by atoms with van der Waals surface area (Å²) in [5.41, 5.74) is 2.23. The lowest BCUT2D eigenvalue weighted by molar-refractivity contribution is -0.140. The van der Waals surface area contributed by atoms with E-state index in [1.165, 1.54) is 5.56 Å². The predicted molar refractivity (Wildman–Crippen MR) is 123 cm³/mol. The van der Waals surface area contributed by atoms with Crippen LogP contribution in [-0.2, 0) is 16.1 Å². The van der Waals surface area contributed by atoms with Gasteiger partial charge in [-0.3, -0.25) is 4.79 Å². The predicted octanol–water partition coefficient (Wildman–Crippen LogP) is 4.51. The normalized spacial score (nSPS) is 23.7. The summed E-state index contributed by atoms with van der Waals surface area (Å²) in [4.78, 5) is 15.4. The van der Waals surface area contributed by atoms with E-state index in [0.717, 1.165) is 24.2 Å². The number of carbonyl (C=O) groups excluding carboxylic acids is 1. The SMILES string of the molecule is COc1ccc([C@H]2C[C@H](NCc3cc(Cl)cc(Cl)c3)C[C@@H]2C(=O)N2CCOCC2)cc1. The zero-order chi connectivity index (χ0) is 21.8. The second kappa shape index (κ2) is 10.2. The highest BCUT2D eigenvalue weighted by atomic mass is 35.5. The molecule has 2 aromatic carbocycles. The number of ether oxygens (including phenoxy) is 2. The van der Waals surface area contributed by atoms with Crippen LogP contribution in [-0.4, -0.2) is 50.3 Å². The van der Waals surface area contributed by atoms with Crippen LogP contribution in [0.1, 0.15) is 29.9 Å². The minimum atomic E-state index is -0.0491. The first-order valence-corrected chi connectivity index (χ1v) is 11.5. The fourth-order valence-corrected chi connectivity index (χ4v) is 5.26. The molecular weight excluding hydrogens is 435 g/mol. The molecule has 31 heavy (non-hydrogen) atoms. The maximum Gasteiger partial charge on any atom is 0.226 e. The van der Waals surface area contributed by atoms with Crippen LogP contribution in [0.3, 0.4) is 0 Å². The third-order valence-electron chi connectivity index (χ3n) is 6.26. The molecule has 2 aliphatic rings. The number of hydrogen-bond donors (Lipinski definition) is 1. The Labute approximate surface area is 193 Å². The third-order valence-corrected chi connectivity index (χ3v) is 6.70. The molecule has 2 fully saturated rings. The molecule has 0 radical (unpaired) electrons. The summed E-state index contributed by atoms with van der Waals surface area (Å²) in [6.45, 7) is 3.23. The highest BCUT2D eigenvalue weighted by Gasteiger charge is 2.41. The maximum absolute atomic E-state index is 13.4. The summed E-state index contributed by atoms with van der Waals surface area (Å²) >= 11 is 12.3. The van der Waals surface area contributed by atoms with Gasteiger partial charge in [0.25, 0.3) is 0 Å². The van der Waals surface area contributed by atoms with E-state index in [4.69, 9.17) is 32.7 Å². The van der Waals surface area contributed by atoms with Gasteiger partial charge in [-0.25, -0.2) is 0 Å². The smallest absolute Gasteiger partial charge is 0.226 e. The molecule has 1 N–H and O–H groups in total. The van der Waals surface area contributed by atoms with Crippen molar-refractivity contribution in [2.75, 3.05) is 33.4 Å². The van der Waals surface area contributed by atoms with Crippen molar-refractivity contribution in [3.05, 3.63) is 63.6 Å². The van der Waals surface area contributed by atoms with Crippen molar-refractivity contribution in [1.29, 1.82) is 0 Å². The molecule has 0 spiro atoms. The summed E-state index contributed by atoms with van der Waals surface area (Å²) in [6.07, 6.45) is 1.71. The van der Waals surface area contributed by atoms with Crippen molar-refractivity contribution in [1.82, 2.24) is 10.2 Å². The monoisotopic (exact) mass is 462 g/mol. The number of morpholine rings is 1. The molecule has 7 heteroatoms. The Morgan fingerprint density at radius 2 is 1.77 bits per heavy atom. The molecule has 3 atom stereocenters. The number of nitrogens with zero attached hydrogens (tertiary/aromatic N) is 1. The quantitative estimate of drug-likeness (QED) is 0.685. The van der Waals surface area contributed by atoms with Gasteiger partial charge in [-0.15, -0.1) is 0 Å². The van der Waals surface area contributed by atoms with Crippen LogP contribution in [0.15, 0.2) is 42.5 Å². The van der Waals surface area contributed by atoms with E-state index in [1.807, 2.05) is 29.2 Å². The summed E-state index contributed by atoms with van der Waals surface area (Å²) < 4.78 is 10.7. The molecule has 166 valence electrons. The van der Waals surface area contributed by atoms with Crippen LogP contribution in [0.5, 0.6) is 5.75 Å². The standard InChI is InChI=1S/C24H28Cl2N2O3/c1-30-21-4-2-17(3-5-21)22-13-20(27-15-16-10-18(25)12-19(26)11-16)14-23(22)24(29)28-6-8-31-9-7-28/h2-5,10-12,20,22-23,27H,6-9,13-15H2,1H3/t20-,22+,23-/m0/s1. The van der Waals surface area contributed by atoms with E-state index >= 15 is 0 Å².